The molecule has 0 saturated carbocycles. The molecule has 32 heavy (non-hydrogen) atoms. The van der Waals surface area contributed by atoms with Crippen LogP contribution in [0.3, 0.4) is 0 Å². The Kier molecular flexibility index (Phi) is 6.17. The number of para-hydroxylation sites is 1. The molecule has 0 atom stereocenters. The number of aryl methyl sites for hydroxylation is 1. The molecule has 0 spiro atoms. The largest absolute Gasteiger partial charge is 0.497 e. The molecule has 1 heterocycles. The summed E-state index contributed by atoms with van der Waals surface area (Å²) in [6, 6.07) is 22.0. The molecule has 0 saturated heterocycles. The van der Waals surface area contributed by atoms with Crippen molar-refractivity contribution in [3.8, 4) is 5.75 Å². The number of carbonyl (C=O) groups is 1. The van der Waals surface area contributed by atoms with E-state index in [1.807, 2.05) is 61.5 Å². The summed E-state index contributed by atoms with van der Waals surface area (Å²) in [6.45, 7) is 2.44. The van der Waals surface area contributed by atoms with E-state index < -0.39 is 0 Å². The average Bonchev–Trinajstić information content (AvgIpc) is 2.79. The van der Waals surface area contributed by atoms with E-state index in [0.29, 0.717) is 29.0 Å². The van der Waals surface area contributed by atoms with Gasteiger partial charge in [-0.25, -0.2) is 9.78 Å². The molecule has 2 N–H and O–H groups in total. The number of nitrogens with zero attached hydrogens (tertiary/aromatic N) is 2. The number of benzene rings is 3. The van der Waals surface area contributed by atoms with Crippen molar-refractivity contribution in [1.29, 1.82) is 0 Å². The average molecular weight is 428 g/mol. The second-order valence-electron chi connectivity index (χ2n) is 7.53. The van der Waals surface area contributed by atoms with Gasteiger partial charge in [0, 0.05) is 12.2 Å². The number of aromatic nitrogens is 2. The molecular formula is C25H24N4O3. The van der Waals surface area contributed by atoms with Crippen molar-refractivity contribution in [1.82, 2.24) is 14.9 Å². The van der Waals surface area contributed by atoms with Crippen LogP contribution < -0.4 is 15.6 Å². The number of methoxy groups -OCH3 is 1. The van der Waals surface area contributed by atoms with Gasteiger partial charge in [0.25, 0.3) is 5.56 Å². The lowest BCUT2D eigenvalue weighted by molar-refractivity contribution is 0.205. The fourth-order valence-corrected chi connectivity index (χ4v) is 3.47. The van der Waals surface area contributed by atoms with E-state index in [4.69, 9.17) is 4.74 Å². The number of urea groups is 1. The lowest BCUT2D eigenvalue weighted by atomic mass is 10.2. The second kappa shape index (κ2) is 9.34. The van der Waals surface area contributed by atoms with Gasteiger partial charge >= 0.3 is 6.03 Å². The van der Waals surface area contributed by atoms with E-state index >= 15 is 0 Å². The molecule has 0 aliphatic rings. The van der Waals surface area contributed by atoms with Gasteiger partial charge in [-0.15, -0.1) is 0 Å². The minimum absolute atomic E-state index is 0.143. The first-order chi connectivity index (χ1) is 15.5. The van der Waals surface area contributed by atoms with Gasteiger partial charge in [-0.1, -0.05) is 36.4 Å². The molecule has 1 aromatic heterocycles. The molecule has 2 amide bonds. The number of ether oxygens (including phenoxy) is 1. The third-order valence-electron chi connectivity index (χ3n) is 5.09. The van der Waals surface area contributed by atoms with Crippen LogP contribution in [0, 0.1) is 6.92 Å². The lowest BCUT2D eigenvalue weighted by Gasteiger charge is -2.23. The summed E-state index contributed by atoms with van der Waals surface area (Å²) < 4.78 is 5.22. The third-order valence-corrected chi connectivity index (χ3v) is 5.09. The maximum absolute atomic E-state index is 13.2. The van der Waals surface area contributed by atoms with E-state index in [0.717, 1.165) is 16.9 Å². The highest BCUT2D eigenvalue weighted by molar-refractivity contribution is 5.89. The van der Waals surface area contributed by atoms with Gasteiger partial charge in [0.1, 0.15) is 11.6 Å². The molecule has 7 nitrogen and oxygen atoms in total. The Balaban J connectivity index is 1.62. The Hall–Kier alpha value is -4.13. The number of amides is 2. The number of hydrogen-bond acceptors (Lipinski definition) is 4. The van der Waals surface area contributed by atoms with Crippen LogP contribution in [0.5, 0.6) is 5.75 Å². The number of fused-ring (bicyclic) bond motifs is 1. The van der Waals surface area contributed by atoms with Crippen LogP contribution in [0.1, 0.15) is 17.0 Å². The van der Waals surface area contributed by atoms with E-state index in [9.17, 15) is 9.59 Å². The molecule has 3 aromatic carbocycles. The summed E-state index contributed by atoms with van der Waals surface area (Å²) in [5, 5.41) is 3.46. The van der Waals surface area contributed by atoms with Crippen molar-refractivity contribution in [2.24, 2.45) is 0 Å². The van der Waals surface area contributed by atoms with Gasteiger partial charge in [-0.05, 0) is 54.4 Å². The highest BCUT2D eigenvalue weighted by atomic mass is 16.5. The number of aromatic amines is 1. The fourth-order valence-electron chi connectivity index (χ4n) is 3.47. The second-order valence-corrected chi connectivity index (χ2v) is 7.53. The summed E-state index contributed by atoms with van der Waals surface area (Å²) in [6.07, 6.45) is 0. The predicted molar refractivity (Wildman–Crippen MR) is 125 cm³/mol. The van der Waals surface area contributed by atoms with Crippen LogP contribution in [-0.4, -0.2) is 28.0 Å². The van der Waals surface area contributed by atoms with Crippen LogP contribution >= 0.6 is 0 Å². The predicted octanol–water partition coefficient (Wildman–Crippen LogP) is 4.47. The minimum Gasteiger partial charge on any atom is -0.497 e. The smallest absolute Gasteiger partial charge is 0.322 e. The highest BCUT2D eigenvalue weighted by Crippen LogP contribution is 2.17. The SMILES string of the molecule is COc1ccc(CN(Cc2nc3ccccc3c(=O)[nH]2)C(=O)Nc2cccc(C)c2)cc1. The van der Waals surface area contributed by atoms with Gasteiger partial charge in [0.05, 0.1) is 24.6 Å². The van der Waals surface area contributed by atoms with Crippen molar-refractivity contribution < 1.29 is 9.53 Å². The summed E-state index contributed by atoms with van der Waals surface area (Å²) in [5.41, 5.74) is 3.04. The zero-order valence-electron chi connectivity index (χ0n) is 18.0. The Bertz CT molecular complexity index is 1300. The zero-order chi connectivity index (χ0) is 22.5. The molecule has 4 rings (SSSR count). The Morgan fingerprint density at radius 1 is 1.03 bits per heavy atom. The Morgan fingerprint density at radius 3 is 2.56 bits per heavy atom. The molecule has 162 valence electrons. The van der Waals surface area contributed by atoms with Gasteiger partial charge in [0.15, 0.2) is 0 Å². The van der Waals surface area contributed by atoms with Crippen LogP contribution in [0.4, 0.5) is 10.5 Å². The molecule has 4 aromatic rings. The number of carbonyl (C=O) groups excluding carboxylic acids is 1. The standard InChI is InChI=1S/C25H24N4O3/c1-17-6-5-7-19(14-17)26-25(31)29(15-18-10-12-20(32-2)13-11-18)16-23-27-22-9-4-3-8-21(22)24(30)28-23/h3-14H,15-16H2,1-2H3,(H,26,31)(H,27,28,30). The first-order valence-electron chi connectivity index (χ1n) is 10.3. The number of anilines is 1. The number of H-pyrrole nitrogens is 1. The zero-order valence-corrected chi connectivity index (χ0v) is 18.0. The van der Waals surface area contributed by atoms with Gasteiger partial charge < -0.3 is 19.9 Å². The third kappa shape index (κ3) is 4.95. The normalized spacial score (nSPS) is 10.7. The van der Waals surface area contributed by atoms with Crippen LogP contribution in [0.2, 0.25) is 0 Å². The summed E-state index contributed by atoms with van der Waals surface area (Å²) in [7, 11) is 1.61. The van der Waals surface area contributed by atoms with Crippen LogP contribution in [0.15, 0.2) is 77.6 Å². The molecule has 0 aliphatic heterocycles. The van der Waals surface area contributed by atoms with E-state index in [-0.39, 0.29) is 18.1 Å². The van der Waals surface area contributed by atoms with E-state index in [1.165, 1.54) is 0 Å². The topological polar surface area (TPSA) is 87.3 Å². The Morgan fingerprint density at radius 2 is 1.81 bits per heavy atom. The van der Waals surface area contributed by atoms with Crippen molar-refractivity contribution in [3.63, 3.8) is 0 Å². The number of nitrogens with one attached hydrogen (secondary N) is 2. The quantitative estimate of drug-likeness (QED) is 0.474. The molecule has 7 heteroatoms. The maximum Gasteiger partial charge on any atom is 0.322 e. The Labute approximate surface area is 185 Å². The summed E-state index contributed by atoms with van der Waals surface area (Å²) in [4.78, 5) is 34.6. The number of hydrogen-bond donors (Lipinski definition) is 2. The van der Waals surface area contributed by atoms with Crippen molar-refractivity contribution >= 4 is 22.6 Å². The fraction of sp³-hybridized carbons (Fsp3) is 0.160. The van der Waals surface area contributed by atoms with Crippen molar-refractivity contribution in [2.45, 2.75) is 20.0 Å². The van der Waals surface area contributed by atoms with E-state index in [1.54, 1.807) is 30.2 Å². The van der Waals surface area contributed by atoms with Crippen LogP contribution in [0.25, 0.3) is 10.9 Å². The van der Waals surface area contributed by atoms with Crippen molar-refractivity contribution in [3.05, 3.63) is 100 Å². The van der Waals surface area contributed by atoms with Gasteiger partial charge in [0.2, 0.25) is 0 Å². The first-order valence-corrected chi connectivity index (χ1v) is 10.3. The molecule has 0 unspecified atom stereocenters. The lowest BCUT2D eigenvalue weighted by Crippen LogP contribution is -2.35. The molecule has 0 radical (unpaired) electrons. The maximum atomic E-state index is 13.2. The minimum atomic E-state index is -0.290. The summed E-state index contributed by atoms with van der Waals surface area (Å²) in [5.74, 6) is 1.16. The first kappa shape index (κ1) is 21.1. The molecular weight excluding hydrogens is 404 g/mol. The van der Waals surface area contributed by atoms with Gasteiger partial charge in [-0.3, -0.25) is 4.79 Å². The van der Waals surface area contributed by atoms with Gasteiger partial charge in [-0.2, -0.15) is 0 Å². The highest BCUT2D eigenvalue weighted by Gasteiger charge is 2.17. The van der Waals surface area contributed by atoms with Crippen molar-refractivity contribution in [2.75, 3.05) is 12.4 Å². The van der Waals surface area contributed by atoms with E-state index in [2.05, 4.69) is 15.3 Å². The number of rotatable bonds is 6. The molecule has 0 bridgehead atoms. The monoisotopic (exact) mass is 428 g/mol. The molecule has 0 aliphatic carbocycles. The summed E-state index contributed by atoms with van der Waals surface area (Å²) >= 11 is 0. The molecule has 0 fully saturated rings. The van der Waals surface area contributed by atoms with Crippen LogP contribution in [-0.2, 0) is 13.1 Å².